The quantitative estimate of drug-likeness (QED) is 0.768. The van der Waals surface area contributed by atoms with Crippen molar-refractivity contribution in [2.24, 2.45) is 7.05 Å². The molecule has 0 atom stereocenters. The molecule has 0 unspecified atom stereocenters. The molecule has 0 aliphatic carbocycles. The van der Waals surface area contributed by atoms with E-state index in [1.165, 1.54) is 5.56 Å². The Labute approximate surface area is 113 Å². The highest BCUT2D eigenvalue weighted by Gasteiger charge is 2.22. The molecule has 1 aromatic carbocycles. The van der Waals surface area contributed by atoms with Crippen molar-refractivity contribution in [2.45, 2.75) is 19.3 Å². The van der Waals surface area contributed by atoms with Crippen LogP contribution >= 0.6 is 0 Å². The van der Waals surface area contributed by atoms with Crippen molar-refractivity contribution in [1.82, 2.24) is 4.57 Å². The van der Waals surface area contributed by atoms with Gasteiger partial charge in [0.05, 0.1) is 5.56 Å². The summed E-state index contributed by atoms with van der Waals surface area (Å²) < 4.78 is 1.91. The highest BCUT2D eigenvalue weighted by atomic mass is 16.2. The van der Waals surface area contributed by atoms with Crippen molar-refractivity contribution in [1.29, 1.82) is 0 Å². The Hall–Kier alpha value is -2.03. The maximum Gasteiger partial charge on any atom is 0.259 e. The summed E-state index contributed by atoms with van der Waals surface area (Å²) in [6, 6.07) is 10.1. The van der Waals surface area contributed by atoms with Gasteiger partial charge in [-0.25, -0.2) is 0 Å². The average Bonchev–Trinajstić information content (AvgIpc) is 2.74. The van der Waals surface area contributed by atoms with Crippen LogP contribution in [-0.2, 0) is 13.5 Å². The summed E-state index contributed by atoms with van der Waals surface area (Å²) in [6.07, 6.45) is 7.07. The van der Waals surface area contributed by atoms with Crippen molar-refractivity contribution >= 4 is 11.6 Å². The molecule has 0 fully saturated rings. The minimum Gasteiger partial charge on any atom is -0.356 e. The molecule has 1 amide bonds. The van der Waals surface area contributed by atoms with E-state index in [1.54, 1.807) is 0 Å². The second kappa shape index (κ2) is 4.92. The van der Waals surface area contributed by atoms with E-state index < -0.39 is 0 Å². The largest absolute Gasteiger partial charge is 0.356 e. The van der Waals surface area contributed by atoms with E-state index >= 15 is 0 Å². The van der Waals surface area contributed by atoms with Gasteiger partial charge in [0, 0.05) is 31.7 Å². The summed E-state index contributed by atoms with van der Waals surface area (Å²) in [7, 11) is 1.94. The fourth-order valence-corrected chi connectivity index (χ4v) is 2.69. The molecule has 2 aromatic rings. The topological polar surface area (TPSA) is 25.2 Å². The third-order valence-electron chi connectivity index (χ3n) is 3.68. The van der Waals surface area contributed by atoms with E-state index in [-0.39, 0.29) is 5.91 Å². The summed E-state index contributed by atoms with van der Waals surface area (Å²) in [4.78, 5) is 14.6. The number of hydrogen-bond acceptors (Lipinski definition) is 1. The van der Waals surface area contributed by atoms with Gasteiger partial charge in [0.2, 0.25) is 0 Å². The lowest BCUT2D eigenvalue weighted by molar-refractivity contribution is 0.0987. The number of carbonyl (C=O) groups is 1. The van der Waals surface area contributed by atoms with Crippen LogP contribution in [-0.4, -0.2) is 17.0 Å². The van der Waals surface area contributed by atoms with E-state index in [2.05, 4.69) is 18.2 Å². The van der Waals surface area contributed by atoms with Crippen LogP contribution in [0, 0.1) is 0 Å². The number of nitrogens with zero attached hydrogens (tertiary/aromatic N) is 2. The number of fused-ring (bicyclic) bond motifs is 1. The molecule has 3 heteroatoms. The van der Waals surface area contributed by atoms with Crippen molar-refractivity contribution in [2.75, 3.05) is 11.4 Å². The van der Waals surface area contributed by atoms with Gasteiger partial charge in [-0.05, 0) is 37.0 Å². The van der Waals surface area contributed by atoms with E-state index in [1.807, 2.05) is 41.0 Å². The monoisotopic (exact) mass is 254 g/mol. The van der Waals surface area contributed by atoms with Crippen molar-refractivity contribution in [3.8, 4) is 0 Å². The van der Waals surface area contributed by atoms with Crippen LogP contribution in [0.2, 0.25) is 0 Å². The van der Waals surface area contributed by atoms with E-state index in [0.29, 0.717) is 0 Å². The van der Waals surface area contributed by atoms with Gasteiger partial charge in [0.25, 0.3) is 5.91 Å². The molecule has 0 saturated heterocycles. The van der Waals surface area contributed by atoms with Crippen LogP contribution in [0.3, 0.4) is 0 Å². The number of aryl methyl sites for hydroxylation is 2. The molecular formula is C16H18N2O. The number of hydrogen-bond donors (Lipinski definition) is 0. The molecule has 19 heavy (non-hydrogen) atoms. The first-order valence-corrected chi connectivity index (χ1v) is 6.77. The van der Waals surface area contributed by atoms with Gasteiger partial charge in [-0.2, -0.15) is 0 Å². The van der Waals surface area contributed by atoms with Crippen LogP contribution in [0.15, 0.2) is 42.7 Å². The van der Waals surface area contributed by atoms with Gasteiger partial charge in [-0.3, -0.25) is 4.79 Å². The van der Waals surface area contributed by atoms with Gasteiger partial charge in [-0.1, -0.05) is 18.2 Å². The number of carbonyl (C=O) groups excluding carboxylic acids is 1. The summed E-state index contributed by atoms with van der Waals surface area (Å²) in [6.45, 7) is 0.810. The number of aromatic nitrogens is 1. The molecule has 98 valence electrons. The number of para-hydroxylation sites is 1. The Bertz CT molecular complexity index is 600. The second-order valence-corrected chi connectivity index (χ2v) is 5.11. The predicted molar refractivity (Wildman–Crippen MR) is 76.5 cm³/mol. The summed E-state index contributed by atoms with van der Waals surface area (Å²) in [5.74, 6) is 0.106. The second-order valence-electron chi connectivity index (χ2n) is 5.11. The minimum atomic E-state index is 0.106. The van der Waals surface area contributed by atoms with Gasteiger partial charge in [-0.15, -0.1) is 0 Å². The molecule has 3 nitrogen and oxygen atoms in total. The highest BCUT2D eigenvalue weighted by Crippen LogP contribution is 2.27. The minimum absolute atomic E-state index is 0.106. The molecular weight excluding hydrogens is 236 g/mol. The molecule has 0 spiro atoms. The zero-order valence-corrected chi connectivity index (χ0v) is 11.2. The van der Waals surface area contributed by atoms with E-state index in [9.17, 15) is 4.79 Å². The maximum absolute atomic E-state index is 12.6. The Kier molecular flexibility index (Phi) is 3.11. The average molecular weight is 254 g/mol. The molecule has 1 aliphatic rings. The number of amides is 1. The smallest absolute Gasteiger partial charge is 0.259 e. The summed E-state index contributed by atoms with van der Waals surface area (Å²) in [5.41, 5.74) is 3.12. The molecule has 2 heterocycles. The van der Waals surface area contributed by atoms with E-state index in [0.717, 1.165) is 37.1 Å². The third-order valence-corrected chi connectivity index (χ3v) is 3.68. The normalized spacial score (nSPS) is 14.9. The Morgan fingerprint density at radius 2 is 2.00 bits per heavy atom. The van der Waals surface area contributed by atoms with Gasteiger partial charge >= 0.3 is 0 Å². The van der Waals surface area contributed by atoms with Gasteiger partial charge in [0.1, 0.15) is 0 Å². The highest BCUT2D eigenvalue weighted by molar-refractivity contribution is 6.06. The van der Waals surface area contributed by atoms with Crippen LogP contribution in [0.25, 0.3) is 0 Å². The Morgan fingerprint density at radius 3 is 2.79 bits per heavy atom. The van der Waals surface area contributed by atoms with Crippen LogP contribution in [0.4, 0.5) is 5.69 Å². The number of benzene rings is 1. The first-order valence-electron chi connectivity index (χ1n) is 6.77. The lowest BCUT2D eigenvalue weighted by Gasteiger charge is -2.22. The zero-order chi connectivity index (χ0) is 13.2. The maximum atomic E-state index is 12.6. The Balaban J connectivity index is 1.98. The van der Waals surface area contributed by atoms with Crippen molar-refractivity contribution < 1.29 is 4.79 Å². The van der Waals surface area contributed by atoms with Crippen LogP contribution in [0.5, 0.6) is 0 Å². The van der Waals surface area contributed by atoms with Crippen LogP contribution < -0.4 is 4.90 Å². The predicted octanol–water partition coefficient (Wildman–Crippen LogP) is 3.01. The standard InChI is InChI=1S/C16H18N2O/c1-17-11-9-14(12-17)16(19)18-10-5-4-7-13-6-2-3-8-15(13)18/h2-3,6,8-9,11-12H,4-5,7,10H2,1H3. The lowest BCUT2D eigenvalue weighted by Crippen LogP contribution is -2.31. The fourth-order valence-electron chi connectivity index (χ4n) is 2.69. The zero-order valence-electron chi connectivity index (χ0n) is 11.2. The van der Waals surface area contributed by atoms with Gasteiger partial charge in [0.15, 0.2) is 0 Å². The molecule has 0 saturated carbocycles. The lowest BCUT2D eigenvalue weighted by atomic mass is 10.1. The molecule has 3 rings (SSSR count). The summed E-state index contributed by atoms with van der Waals surface area (Å²) in [5, 5.41) is 0. The SMILES string of the molecule is Cn1ccc(C(=O)N2CCCCc3ccccc32)c1. The van der Waals surface area contributed by atoms with Crippen molar-refractivity contribution in [3.63, 3.8) is 0 Å². The van der Waals surface area contributed by atoms with Crippen LogP contribution in [0.1, 0.15) is 28.8 Å². The molecule has 0 radical (unpaired) electrons. The van der Waals surface area contributed by atoms with Crippen molar-refractivity contribution in [3.05, 3.63) is 53.9 Å². The molecule has 1 aromatic heterocycles. The van der Waals surface area contributed by atoms with Gasteiger partial charge < -0.3 is 9.47 Å². The first kappa shape index (κ1) is 12.0. The molecule has 0 bridgehead atoms. The fraction of sp³-hybridized carbons (Fsp3) is 0.312. The Morgan fingerprint density at radius 1 is 1.16 bits per heavy atom. The third kappa shape index (κ3) is 2.28. The molecule has 1 aliphatic heterocycles. The number of rotatable bonds is 1. The van der Waals surface area contributed by atoms with E-state index in [4.69, 9.17) is 0 Å². The molecule has 0 N–H and O–H groups in total. The summed E-state index contributed by atoms with van der Waals surface area (Å²) >= 11 is 0. The first-order chi connectivity index (χ1) is 9.25. The number of anilines is 1.